The number of aliphatic imine (C=N–C) groups is 1. The van der Waals surface area contributed by atoms with Crippen LogP contribution in [0.1, 0.15) is 54.0 Å². The van der Waals surface area contributed by atoms with Crippen LogP contribution in [0, 0.1) is 17.7 Å². The summed E-state index contributed by atoms with van der Waals surface area (Å²) in [4.78, 5) is 19.5. The van der Waals surface area contributed by atoms with Gasteiger partial charge < -0.3 is 24.8 Å². The van der Waals surface area contributed by atoms with Crippen LogP contribution in [0.25, 0.3) is 6.08 Å². The molecular formula is C29H30F4N2O6. The zero-order valence-corrected chi connectivity index (χ0v) is 22.4. The highest BCUT2D eigenvalue weighted by Gasteiger charge is 2.59. The number of ether oxygens (including phenoxy) is 2. The number of carbonyl (C=O) groups is 1. The number of benzene rings is 1. The van der Waals surface area contributed by atoms with Crippen LogP contribution >= 0.6 is 0 Å². The molecule has 3 N–H and O–H groups in total. The third-order valence-corrected chi connectivity index (χ3v) is 7.17. The number of pyridine rings is 1. The molecule has 0 amide bonds. The molecule has 0 saturated heterocycles. The molecule has 0 aliphatic heterocycles. The standard InChI is InChI=1S/C29H30F4N2O6/c1-3-34-23(40-8-7-28(2,39)15-36)6-4-5-16-9-18(22(30)12-21(16)29(31,32)33)14-41-24-11-17-10-19-25(20(17)13-35-24)26(19)27(37)38/h3-6,9,11-13,19,25-26,36,39H,7-8,10,14-15H2,1-2H3,(H,37,38)/b5-4+,23-6+,34-3?/t19-,25-,26+,28?/m1/s1. The summed E-state index contributed by atoms with van der Waals surface area (Å²) < 4.78 is 66.8. The zero-order valence-electron chi connectivity index (χ0n) is 22.4. The minimum absolute atomic E-state index is 0.00537. The highest BCUT2D eigenvalue weighted by molar-refractivity contribution is 5.77. The van der Waals surface area contributed by atoms with Crippen LogP contribution in [0.5, 0.6) is 5.88 Å². The van der Waals surface area contributed by atoms with Gasteiger partial charge >= 0.3 is 12.1 Å². The predicted octanol–water partition coefficient (Wildman–Crippen LogP) is 4.88. The van der Waals surface area contributed by atoms with E-state index in [2.05, 4.69) is 9.98 Å². The molecule has 2 aromatic rings. The van der Waals surface area contributed by atoms with Crippen LogP contribution in [0.3, 0.4) is 0 Å². The Hall–Kier alpha value is -3.77. The molecule has 12 heteroatoms. The number of aliphatic hydroxyl groups excluding tert-OH is 1. The molecule has 8 nitrogen and oxygen atoms in total. The lowest BCUT2D eigenvalue weighted by atomic mass is 10.0. The monoisotopic (exact) mass is 578 g/mol. The van der Waals surface area contributed by atoms with E-state index in [4.69, 9.17) is 14.6 Å². The fraction of sp³-hybridized carbons (Fsp3) is 0.414. The SMILES string of the molecule is CC=N/C(=C\C=C\c1cc(COc2cc3c(cn2)[C@H]2[C@@H](C3)[C@@H]2C(=O)O)c(F)cc1C(F)(F)F)OCCC(C)(O)CO. The van der Waals surface area contributed by atoms with Crippen molar-refractivity contribution in [3.63, 3.8) is 0 Å². The van der Waals surface area contributed by atoms with Gasteiger partial charge in [0.1, 0.15) is 12.4 Å². The van der Waals surface area contributed by atoms with Crippen molar-refractivity contribution in [2.75, 3.05) is 13.2 Å². The maximum atomic E-state index is 14.7. The van der Waals surface area contributed by atoms with Gasteiger partial charge in [0.15, 0.2) is 0 Å². The highest BCUT2D eigenvalue weighted by atomic mass is 19.4. The second-order valence-electron chi connectivity index (χ2n) is 10.3. The largest absolute Gasteiger partial charge is 0.481 e. The zero-order chi connectivity index (χ0) is 29.9. The van der Waals surface area contributed by atoms with Crippen molar-refractivity contribution in [1.82, 2.24) is 4.98 Å². The van der Waals surface area contributed by atoms with E-state index in [0.717, 1.165) is 23.3 Å². The molecule has 1 heterocycles. The van der Waals surface area contributed by atoms with Gasteiger partial charge in [0.2, 0.25) is 11.8 Å². The number of hydrogen-bond acceptors (Lipinski definition) is 7. The van der Waals surface area contributed by atoms with Crippen LogP contribution in [-0.4, -0.2) is 51.3 Å². The Balaban J connectivity index is 1.49. The van der Waals surface area contributed by atoms with Crippen LogP contribution < -0.4 is 4.74 Å². The van der Waals surface area contributed by atoms with Crippen LogP contribution in [0.4, 0.5) is 17.6 Å². The number of fused-ring (bicyclic) bond motifs is 3. The van der Waals surface area contributed by atoms with Gasteiger partial charge in [-0.1, -0.05) is 12.2 Å². The third kappa shape index (κ3) is 7.12. The number of carboxylic acids is 1. The van der Waals surface area contributed by atoms with Gasteiger partial charge in [0, 0.05) is 42.5 Å². The molecule has 2 aliphatic rings. The number of nitrogens with zero attached hydrogens (tertiary/aromatic N) is 2. The minimum Gasteiger partial charge on any atom is -0.481 e. The van der Waals surface area contributed by atoms with Crippen molar-refractivity contribution in [3.8, 4) is 5.88 Å². The topological polar surface area (TPSA) is 121 Å². The summed E-state index contributed by atoms with van der Waals surface area (Å²) >= 11 is 0. The summed E-state index contributed by atoms with van der Waals surface area (Å²) in [5.41, 5.74) is -1.20. The Morgan fingerprint density at radius 2 is 2.02 bits per heavy atom. The normalized spacial score (nSPS) is 21.6. The van der Waals surface area contributed by atoms with E-state index in [1.165, 1.54) is 25.3 Å². The Morgan fingerprint density at radius 3 is 2.68 bits per heavy atom. The highest BCUT2D eigenvalue weighted by Crippen LogP contribution is 2.61. The van der Waals surface area contributed by atoms with Gasteiger partial charge in [0.05, 0.1) is 30.3 Å². The number of aromatic nitrogens is 1. The predicted molar refractivity (Wildman–Crippen MR) is 141 cm³/mol. The molecule has 4 rings (SSSR count). The first-order valence-corrected chi connectivity index (χ1v) is 12.9. The van der Waals surface area contributed by atoms with E-state index in [1.54, 1.807) is 19.2 Å². The fourth-order valence-electron chi connectivity index (χ4n) is 4.91. The molecule has 4 atom stereocenters. The summed E-state index contributed by atoms with van der Waals surface area (Å²) in [6.07, 6.45) is 2.54. The first kappa shape index (κ1) is 30.2. The van der Waals surface area contributed by atoms with Crippen molar-refractivity contribution >= 4 is 18.3 Å². The first-order valence-electron chi connectivity index (χ1n) is 12.9. The minimum atomic E-state index is -4.82. The van der Waals surface area contributed by atoms with E-state index in [-0.39, 0.29) is 54.4 Å². The molecule has 1 aromatic heterocycles. The number of alkyl halides is 3. The number of hydrogen-bond donors (Lipinski definition) is 3. The van der Waals surface area contributed by atoms with E-state index in [9.17, 15) is 32.6 Å². The lowest BCUT2D eigenvalue weighted by Gasteiger charge is -2.19. The number of carboxylic acid groups (broad SMARTS) is 1. The van der Waals surface area contributed by atoms with Gasteiger partial charge in [-0.05, 0) is 55.0 Å². The number of allylic oxidation sites excluding steroid dienone is 2. The molecule has 0 bridgehead atoms. The number of rotatable bonds is 12. The maximum Gasteiger partial charge on any atom is 0.417 e. The van der Waals surface area contributed by atoms with Gasteiger partial charge in [-0.3, -0.25) is 4.79 Å². The molecule has 0 spiro atoms. The molecule has 41 heavy (non-hydrogen) atoms. The van der Waals surface area contributed by atoms with Crippen molar-refractivity contribution in [2.24, 2.45) is 16.8 Å². The summed E-state index contributed by atoms with van der Waals surface area (Å²) in [6, 6.07) is 3.12. The molecule has 1 saturated carbocycles. The first-order chi connectivity index (χ1) is 19.3. The molecule has 1 unspecified atom stereocenters. The van der Waals surface area contributed by atoms with Crippen molar-refractivity contribution in [2.45, 2.75) is 51.0 Å². The van der Waals surface area contributed by atoms with Crippen LogP contribution in [0.15, 0.2) is 47.4 Å². The van der Waals surface area contributed by atoms with Crippen LogP contribution in [0.2, 0.25) is 0 Å². The van der Waals surface area contributed by atoms with Gasteiger partial charge in [-0.25, -0.2) is 14.4 Å². The Kier molecular flexibility index (Phi) is 8.83. The van der Waals surface area contributed by atoms with Gasteiger partial charge in [-0.15, -0.1) is 0 Å². The molecular weight excluding hydrogens is 548 g/mol. The van der Waals surface area contributed by atoms with E-state index in [0.29, 0.717) is 12.5 Å². The summed E-state index contributed by atoms with van der Waals surface area (Å²) in [7, 11) is 0. The van der Waals surface area contributed by atoms with E-state index in [1.807, 2.05) is 0 Å². The number of aliphatic carboxylic acids is 1. The average molecular weight is 579 g/mol. The Bertz CT molecular complexity index is 1390. The summed E-state index contributed by atoms with van der Waals surface area (Å²) in [6.45, 7) is 2.19. The summed E-state index contributed by atoms with van der Waals surface area (Å²) in [5.74, 6) is -2.14. The molecule has 2 aliphatic carbocycles. The van der Waals surface area contributed by atoms with Crippen molar-refractivity contribution < 1.29 is 47.1 Å². The molecule has 1 fully saturated rings. The average Bonchev–Trinajstić information content (AvgIpc) is 3.50. The van der Waals surface area contributed by atoms with Gasteiger partial charge in [0.25, 0.3) is 0 Å². The number of halogens is 4. The fourth-order valence-corrected chi connectivity index (χ4v) is 4.91. The van der Waals surface area contributed by atoms with Gasteiger partial charge in [-0.2, -0.15) is 13.2 Å². The second kappa shape index (κ2) is 12.0. The smallest absolute Gasteiger partial charge is 0.417 e. The van der Waals surface area contributed by atoms with E-state index < -0.39 is 41.7 Å². The summed E-state index contributed by atoms with van der Waals surface area (Å²) in [5, 5.41) is 28.3. The molecule has 0 radical (unpaired) electrons. The van der Waals surface area contributed by atoms with Crippen molar-refractivity contribution in [3.05, 3.63) is 76.1 Å². The molecule has 220 valence electrons. The van der Waals surface area contributed by atoms with Crippen molar-refractivity contribution in [1.29, 1.82) is 0 Å². The second-order valence-corrected chi connectivity index (χ2v) is 10.3. The molecule has 1 aromatic carbocycles. The maximum absolute atomic E-state index is 14.7. The Morgan fingerprint density at radius 1 is 1.27 bits per heavy atom. The van der Waals surface area contributed by atoms with E-state index >= 15 is 0 Å². The third-order valence-electron chi connectivity index (χ3n) is 7.17. The number of aliphatic hydroxyl groups is 2. The van der Waals surface area contributed by atoms with Crippen LogP contribution in [-0.2, 0) is 28.7 Å². The lowest BCUT2D eigenvalue weighted by molar-refractivity contribution is -0.139. The quantitative estimate of drug-likeness (QED) is 0.142. The Labute approximate surface area is 233 Å². The lowest BCUT2D eigenvalue weighted by Crippen LogP contribution is -2.30.